The SMILES string of the molecule is CCCCC(CC)CN1c2ccccc2Sc2cc(-n3c4ccccc4c4cc(-c5ccc6c(c5)c5ccccc5n6-c5ccc6c(c5)Sc5ccccc5N6CC(CC)CCCC)ccc43)ccc21. The second-order valence-electron chi connectivity index (χ2n) is 19.7. The molecule has 2 aromatic heterocycles. The largest absolute Gasteiger partial charge is 0.339 e. The summed E-state index contributed by atoms with van der Waals surface area (Å²) in [5, 5.41) is 5.09. The molecule has 2 atom stereocenters. The number of unbranched alkanes of at least 4 members (excludes halogenated alkanes) is 2. The molecule has 0 spiro atoms. The number of aromatic nitrogens is 2. The van der Waals surface area contributed by atoms with Gasteiger partial charge in [0.15, 0.2) is 0 Å². The van der Waals surface area contributed by atoms with Crippen LogP contribution < -0.4 is 9.80 Å². The minimum Gasteiger partial charge on any atom is -0.339 e. The topological polar surface area (TPSA) is 16.3 Å². The van der Waals surface area contributed by atoms with Gasteiger partial charge in [-0.3, -0.25) is 0 Å². The molecule has 0 bridgehead atoms. The Balaban J connectivity index is 0.915. The van der Waals surface area contributed by atoms with Crippen molar-refractivity contribution in [3.05, 3.63) is 170 Å². The van der Waals surface area contributed by atoms with Crippen LogP contribution >= 0.6 is 23.5 Å². The zero-order chi connectivity index (χ0) is 47.3. The molecule has 0 fully saturated rings. The van der Waals surface area contributed by atoms with E-state index in [4.69, 9.17) is 0 Å². The first-order valence-corrected chi connectivity index (χ1v) is 27.6. The fourth-order valence-electron chi connectivity index (χ4n) is 11.5. The number of anilines is 4. The minimum atomic E-state index is 0.660. The fourth-order valence-corrected chi connectivity index (χ4v) is 13.8. The van der Waals surface area contributed by atoms with E-state index in [1.807, 2.05) is 23.5 Å². The first-order valence-electron chi connectivity index (χ1n) is 26.0. The number of rotatable bonds is 15. The molecule has 0 radical (unpaired) electrons. The molecule has 4 heterocycles. The van der Waals surface area contributed by atoms with Crippen molar-refractivity contribution in [3.8, 4) is 22.5 Å². The lowest BCUT2D eigenvalue weighted by Gasteiger charge is -2.35. The quantitative estimate of drug-likeness (QED) is 0.102. The van der Waals surface area contributed by atoms with E-state index in [9.17, 15) is 0 Å². The zero-order valence-corrected chi connectivity index (χ0v) is 42.6. The predicted octanol–water partition coefficient (Wildman–Crippen LogP) is 19.2. The van der Waals surface area contributed by atoms with Gasteiger partial charge < -0.3 is 18.9 Å². The van der Waals surface area contributed by atoms with Gasteiger partial charge >= 0.3 is 0 Å². The lowest BCUT2D eigenvalue weighted by atomic mass is 9.98. The van der Waals surface area contributed by atoms with E-state index in [-0.39, 0.29) is 0 Å². The second-order valence-corrected chi connectivity index (χ2v) is 21.8. The number of hydrogen-bond donors (Lipinski definition) is 0. The highest BCUT2D eigenvalue weighted by atomic mass is 32.2. The van der Waals surface area contributed by atoms with Crippen LogP contribution in [0.5, 0.6) is 0 Å². The van der Waals surface area contributed by atoms with E-state index in [1.54, 1.807) is 0 Å². The van der Waals surface area contributed by atoms with Crippen LogP contribution in [0.3, 0.4) is 0 Å². The van der Waals surface area contributed by atoms with Gasteiger partial charge in [-0.25, -0.2) is 0 Å². The molecule has 8 aromatic carbocycles. The van der Waals surface area contributed by atoms with Gasteiger partial charge in [-0.2, -0.15) is 0 Å². The van der Waals surface area contributed by atoms with Gasteiger partial charge in [0.1, 0.15) is 0 Å². The van der Waals surface area contributed by atoms with Crippen LogP contribution in [0.4, 0.5) is 22.7 Å². The summed E-state index contributed by atoms with van der Waals surface area (Å²) >= 11 is 3.82. The Kier molecular flexibility index (Phi) is 12.2. The van der Waals surface area contributed by atoms with E-state index in [0.29, 0.717) is 11.8 Å². The standard InChI is InChI=1S/C64H62N4S2/c1-5-9-19-43(7-3)41-65-57-25-15-17-27-61(57)69-63-39-47(31-35-59(63)65)67-53-23-13-11-21-49(53)51-37-45(29-33-55(51)67)46-30-34-56-52(38-46)50-22-12-14-24-54(50)68(56)48-32-36-60-64(40-48)70-62-28-18-16-26-58(62)66(60)42-44(8-4)20-10-6-2/h11-18,21-40,43-44H,5-10,19-20,41-42H2,1-4H3. The van der Waals surface area contributed by atoms with Gasteiger partial charge in [-0.05, 0) is 133 Å². The molecule has 350 valence electrons. The van der Waals surface area contributed by atoms with Gasteiger partial charge in [0.05, 0.1) is 44.8 Å². The molecule has 0 saturated carbocycles. The highest BCUT2D eigenvalue weighted by Gasteiger charge is 2.28. The van der Waals surface area contributed by atoms with Crippen molar-refractivity contribution in [2.45, 2.75) is 98.6 Å². The van der Waals surface area contributed by atoms with Crippen molar-refractivity contribution in [1.29, 1.82) is 0 Å². The molecular formula is C64H62N4S2. The van der Waals surface area contributed by atoms with Crippen molar-refractivity contribution in [3.63, 3.8) is 0 Å². The van der Waals surface area contributed by atoms with Crippen LogP contribution in [0, 0.1) is 11.8 Å². The van der Waals surface area contributed by atoms with Crippen LogP contribution in [-0.2, 0) is 0 Å². The lowest BCUT2D eigenvalue weighted by Crippen LogP contribution is -2.27. The first-order chi connectivity index (χ1) is 34.5. The summed E-state index contributed by atoms with van der Waals surface area (Å²) < 4.78 is 4.96. The normalized spacial score (nSPS) is 14.0. The van der Waals surface area contributed by atoms with E-state index in [0.717, 1.165) is 13.1 Å². The number of hydrogen-bond acceptors (Lipinski definition) is 4. The molecule has 2 aliphatic heterocycles. The molecule has 10 aromatic rings. The number of nitrogens with zero attached hydrogens (tertiary/aromatic N) is 4. The van der Waals surface area contributed by atoms with Crippen LogP contribution in [0.2, 0.25) is 0 Å². The summed E-state index contributed by atoms with van der Waals surface area (Å²) in [5.41, 5.74) is 15.1. The van der Waals surface area contributed by atoms with Gasteiger partial charge in [-0.15, -0.1) is 0 Å². The van der Waals surface area contributed by atoms with Crippen LogP contribution in [0.1, 0.15) is 79.1 Å². The van der Waals surface area contributed by atoms with Crippen LogP contribution in [0.15, 0.2) is 189 Å². The monoisotopic (exact) mass is 950 g/mol. The third-order valence-corrected chi connectivity index (χ3v) is 17.6. The molecule has 2 aliphatic rings. The molecule has 0 saturated heterocycles. The molecular weight excluding hydrogens is 889 g/mol. The Morgan fingerprint density at radius 3 is 1.21 bits per heavy atom. The average molecular weight is 951 g/mol. The molecule has 6 heteroatoms. The van der Waals surface area contributed by atoms with Crippen molar-refractivity contribution in [2.24, 2.45) is 11.8 Å². The molecule has 70 heavy (non-hydrogen) atoms. The smallest absolute Gasteiger partial charge is 0.0554 e. The highest BCUT2D eigenvalue weighted by Crippen LogP contribution is 2.52. The molecule has 0 N–H and O–H groups in total. The Labute approximate surface area is 422 Å². The number of benzene rings is 8. The van der Waals surface area contributed by atoms with E-state index in [2.05, 4.69) is 216 Å². The van der Waals surface area contributed by atoms with Gasteiger partial charge in [0.2, 0.25) is 0 Å². The zero-order valence-electron chi connectivity index (χ0n) is 41.0. The Bertz CT molecular complexity index is 3330. The van der Waals surface area contributed by atoms with Crippen LogP contribution in [0.25, 0.3) is 66.1 Å². The molecule has 2 unspecified atom stereocenters. The van der Waals surface area contributed by atoms with E-state index >= 15 is 0 Å². The summed E-state index contributed by atoms with van der Waals surface area (Å²) in [6.07, 6.45) is 10.00. The summed E-state index contributed by atoms with van der Waals surface area (Å²) in [6, 6.07) is 64.4. The molecule has 0 amide bonds. The molecule has 4 nitrogen and oxygen atoms in total. The maximum Gasteiger partial charge on any atom is 0.0554 e. The predicted molar refractivity (Wildman–Crippen MR) is 302 cm³/mol. The number of para-hydroxylation sites is 4. The molecule has 0 aliphatic carbocycles. The van der Waals surface area contributed by atoms with Crippen molar-refractivity contribution in [2.75, 3.05) is 22.9 Å². The Morgan fingerprint density at radius 2 is 0.771 bits per heavy atom. The summed E-state index contributed by atoms with van der Waals surface area (Å²) in [6.45, 7) is 11.4. The lowest BCUT2D eigenvalue weighted by molar-refractivity contribution is 0.457. The van der Waals surface area contributed by atoms with Crippen LogP contribution in [-0.4, -0.2) is 22.2 Å². The van der Waals surface area contributed by atoms with Gasteiger partial charge in [0, 0.05) is 65.6 Å². The third-order valence-electron chi connectivity index (χ3n) is 15.4. The second kappa shape index (κ2) is 19.1. The summed E-state index contributed by atoms with van der Waals surface area (Å²) in [7, 11) is 0. The average Bonchev–Trinajstić information content (AvgIpc) is 3.92. The number of fused-ring (bicyclic) bond motifs is 10. The fraction of sp³-hybridized carbons (Fsp3) is 0.250. The summed E-state index contributed by atoms with van der Waals surface area (Å²) in [5.74, 6) is 1.32. The van der Waals surface area contributed by atoms with E-state index in [1.165, 1.54) is 160 Å². The highest BCUT2D eigenvalue weighted by molar-refractivity contribution is 8.00. The maximum atomic E-state index is 2.61. The Morgan fingerprint density at radius 1 is 0.371 bits per heavy atom. The van der Waals surface area contributed by atoms with Crippen molar-refractivity contribution >= 4 is 89.9 Å². The molecule has 12 rings (SSSR count). The van der Waals surface area contributed by atoms with E-state index < -0.39 is 0 Å². The maximum absolute atomic E-state index is 2.61. The summed E-state index contributed by atoms with van der Waals surface area (Å²) in [4.78, 5) is 10.5. The van der Waals surface area contributed by atoms with Crippen molar-refractivity contribution in [1.82, 2.24) is 9.13 Å². The van der Waals surface area contributed by atoms with Gasteiger partial charge in [0.25, 0.3) is 0 Å². The Hall–Kier alpha value is -6.34. The third kappa shape index (κ3) is 7.88. The van der Waals surface area contributed by atoms with Crippen molar-refractivity contribution < 1.29 is 0 Å². The first kappa shape index (κ1) is 44.8. The minimum absolute atomic E-state index is 0.660. The van der Waals surface area contributed by atoms with Gasteiger partial charge in [-0.1, -0.05) is 163 Å².